The lowest BCUT2D eigenvalue weighted by Gasteiger charge is -2.47. The third-order valence-electron chi connectivity index (χ3n) is 13.5. The van der Waals surface area contributed by atoms with Crippen LogP contribution in [0.5, 0.6) is 0 Å². The van der Waals surface area contributed by atoms with Crippen molar-refractivity contribution in [2.75, 3.05) is 27.3 Å². The number of Topliss-reactive ketones (excluding diaryl/α,β-unsaturated/α-hetero) is 1. The van der Waals surface area contributed by atoms with Crippen LogP contribution in [0.25, 0.3) is 20.3 Å². The molecule has 1 amide bonds. The van der Waals surface area contributed by atoms with Crippen molar-refractivity contribution in [3.63, 3.8) is 0 Å². The van der Waals surface area contributed by atoms with Gasteiger partial charge in [0.05, 0.1) is 47.7 Å². The Hall–Kier alpha value is -3.78. The highest BCUT2D eigenvalue weighted by Gasteiger charge is 2.53. The summed E-state index contributed by atoms with van der Waals surface area (Å²) in [7, 11) is 3.75. The van der Waals surface area contributed by atoms with Gasteiger partial charge in [0, 0.05) is 50.8 Å². The largest absolute Gasteiger partial charge is 0.459 e. The normalized spacial score (nSPS) is 37.3. The van der Waals surface area contributed by atoms with Gasteiger partial charge in [-0.3, -0.25) is 19.4 Å². The Balaban J connectivity index is 1.30. The molecule has 17 heteroatoms. The van der Waals surface area contributed by atoms with Gasteiger partial charge in [0.1, 0.15) is 29.4 Å². The van der Waals surface area contributed by atoms with Gasteiger partial charge in [0.15, 0.2) is 12.1 Å². The van der Waals surface area contributed by atoms with E-state index >= 15 is 0 Å². The number of hydrogen-bond acceptors (Lipinski definition) is 16. The number of pyridine rings is 1. The Bertz CT molecular complexity index is 2230. The number of fused-ring (bicyclic) bond motifs is 4. The van der Waals surface area contributed by atoms with Gasteiger partial charge in [-0.25, -0.2) is 4.99 Å². The minimum atomic E-state index is -1.84. The van der Waals surface area contributed by atoms with Crippen molar-refractivity contribution in [2.45, 2.75) is 141 Å². The molecule has 1 unspecified atom stereocenters. The van der Waals surface area contributed by atoms with Gasteiger partial charge in [-0.1, -0.05) is 38.9 Å². The van der Waals surface area contributed by atoms with Crippen LogP contribution in [-0.4, -0.2) is 137 Å². The number of aliphatic imine (C=N–C) groups is 1. The van der Waals surface area contributed by atoms with Gasteiger partial charge < -0.3 is 43.6 Å². The Morgan fingerprint density at radius 2 is 1.66 bits per heavy atom. The minimum Gasteiger partial charge on any atom is -0.459 e. The fraction of sp³-hybridized carbons (Fsp3) is 0.625. The molecule has 0 aromatic carbocycles. The van der Waals surface area contributed by atoms with Crippen LogP contribution in [0.4, 0.5) is 0 Å². The van der Waals surface area contributed by atoms with Crippen LogP contribution in [-0.2, 0) is 49.3 Å². The molecule has 0 spiro atoms. The average molecular weight is 937 g/mol. The van der Waals surface area contributed by atoms with E-state index in [2.05, 4.69) is 22.3 Å². The van der Waals surface area contributed by atoms with Gasteiger partial charge in [-0.05, 0) is 103 Å². The van der Waals surface area contributed by atoms with Crippen LogP contribution in [0, 0.1) is 23.7 Å². The fourth-order valence-corrected chi connectivity index (χ4v) is 12.0. The Kier molecular flexibility index (Phi) is 15.3. The van der Waals surface area contributed by atoms with Crippen molar-refractivity contribution in [3.8, 4) is 20.3 Å². The first-order chi connectivity index (χ1) is 30.8. The first kappa shape index (κ1) is 49.1. The zero-order chi connectivity index (χ0) is 47.0. The number of cyclic esters (lactones) is 1. The highest BCUT2D eigenvalue weighted by atomic mass is 32.1. The molecule has 65 heavy (non-hydrogen) atoms. The van der Waals surface area contributed by atoms with E-state index in [1.54, 1.807) is 49.6 Å². The Morgan fingerprint density at radius 3 is 2.37 bits per heavy atom. The highest BCUT2D eigenvalue weighted by molar-refractivity contribution is 7.23. The van der Waals surface area contributed by atoms with E-state index < -0.39 is 89.3 Å². The van der Waals surface area contributed by atoms with Crippen LogP contribution >= 0.6 is 22.7 Å². The predicted molar refractivity (Wildman–Crippen MR) is 248 cm³/mol. The molecule has 7 heterocycles. The van der Waals surface area contributed by atoms with Crippen LogP contribution in [0.3, 0.4) is 0 Å². The van der Waals surface area contributed by atoms with Crippen LogP contribution in [0.1, 0.15) is 79.5 Å². The molecule has 4 bridgehead atoms. The summed E-state index contributed by atoms with van der Waals surface area (Å²) in [6, 6.07) is 13.6. The summed E-state index contributed by atoms with van der Waals surface area (Å²) in [5.41, 5.74) is -1.67. The topological polar surface area (TPSA) is 188 Å². The number of carbonyl (C=O) groups excluding carboxylic acids is 3. The van der Waals surface area contributed by atoms with Gasteiger partial charge >= 0.3 is 5.97 Å². The van der Waals surface area contributed by atoms with Crippen LogP contribution in [0.2, 0.25) is 0 Å². The summed E-state index contributed by atoms with van der Waals surface area (Å²) in [6.07, 6.45) is -4.17. The lowest BCUT2D eigenvalue weighted by molar-refractivity contribution is -0.296. The molecule has 14 atom stereocenters. The van der Waals surface area contributed by atoms with Crippen molar-refractivity contribution >= 4 is 51.8 Å². The van der Waals surface area contributed by atoms with Crippen LogP contribution in [0.15, 0.2) is 58.8 Å². The second-order valence-corrected chi connectivity index (χ2v) is 21.1. The molecule has 3 fully saturated rings. The molecular weight excluding hydrogens is 873 g/mol. The second-order valence-electron chi connectivity index (χ2n) is 18.8. The summed E-state index contributed by atoms with van der Waals surface area (Å²) in [6.45, 7) is 13.6. The van der Waals surface area contributed by atoms with Crippen molar-refractivity contribution in [3.05, 3.63) is 53.5 Å². The molecule has 2 N–H and O–H groups in total. The van der Waals surface area contributed by atoms with E-state index in [9.17, 15) is 24.6 Å². The lowest BCUT2D eigenvalue weighted by atomic mass is 9.73. The minimum absolute atomic E-state index is 0.153. The SMILES string of the molecule is CC[C@H]1OC(=O)[C@H](C)C(=O)[C@H](C)[C@@H](O[C@@H]2O[C@H](C)C[C@H](N(C)C)[C@H]2O)[C@@]2(C)C[C@@H](C)C3=NC(=O)C(Cc4ccc(-c5ccc(-c6ccccn6)s5)s4)O/N=C(\CO[C@@H]([C@@H]3C)[C@]1(C)O)CO2. The summed E-state index contributed by atoms with van der Waals surface area (Å²) < 4.78 is 32.6. The molecule has 3 saturated heterocycles. The van der Waals surface area contributed by atoms with Gasteiger partial charge in [0.2, 0.25) is 6.10 Å². The second kappa shape index (κ2) is 20.2. The molecule has 3 aromatic heterocycles. The number of rotatable bonds is 8. The third-order valence-corrected chi connectivity index (χ3v) is 15.9. The Morgan fingerprint density at radius 1 is 0.938 bits per heavy atom. The number of aromatic nitrogens is 1. The van der Waals surface area contributed by atoms with E-state index in [1.165, 1.54) is 6.92 Å². The van der Waals surface area contributed by atoms with Gasteiger partial charge in [0.25, 0.3) is 5.91 Å². The highest BCUT2D eigenvalue weighted by Crippen LogP contribution is 2.41. The fourth-order valence-electron chi connectivity index (χ4n) is 9.85. The van der Waals surface area contributed by atoms with E-state index in [-0.39, 0.29) is 50.3 Å². The molecular formula is C48H64N4O11S2. The molecule has 7 rings (SSSR count). The number of oxime groups is 1. The molecule has 0 saturated carbocycles. The number of nitrogens with zero attached hydrogens (tertiary/aromatic N) is 4. The summed E-state index contributed by atoms with van der Waals surface area (Å²) >= 11 is 3.19. The van der Waals surface area contributed by atoms with Gasteiger partial charge in [-0.15, -0.1) is 22.7 Å². The van der Waals surface area contributed by atoms with Crippen molar-refractivity contribution in [2.24, 2.45) is 33.8 Å². The summed E-state index contributed by atoms with van der Waals surface area (Å²) in [4.78, 5) is 64.6. The maximum atomic E-state index is 14.7. The third kappa shape index (κ3) is 10.5. The number of thiophene rings is 2. The van der Waals surface area contributed by atoms with Crippen molar-refractivity contribution < 1.29 is 53.1 Å². The first-order valence-electron chi connectivity index (χ1n) is 22.6. The zero-order valence-electron chi connectivity index (χ0n) is 39.0. The lowest BCUT2D eigenvalue weighted by Crippen LogP contribution is -2.60. The molecule has 4 aliphatic heterocycles. The number of aliphatic hydroxyl groups is 2. The molecule has 15 nitrogen and oxygen atoms in total. The number of ketones is 1. The van der Waals surface area contributed by atoms with E-state index in [4.69, 9.17) is 33.5 Å². The van der Waals surface area contributed by atoms with Crippen molar-refractivity contribution in [1.82, 2.24) is 9.88 Å². The number of carbonyl (C=O) groups is 3. The number of esters is 1. The standard InChI is InChI=1S/C48H64N4O11S2/c1-11-38-48(8,57)43-27(4)39-25(2)22-47(7,42(28(5)40(53)29(6)45(56)61-38)62-46-41(54)33(52(9)10)20-26(3)60-46)59-24-30(23-58-43)51-63-34(44(55)50-39)21-31-15-16-36(64-31)37-18-17-35(65-37)32-14-12-13-19-49-32/h12-19,25-29,33-34,38,41-43,46,54,57H,11,20-24H2,1-10H3/b50-39?,51-30+/t25-,26-,27-,28+,29-,33+,34?,38-,41-,42-,43+,46+,47-,48-/m1/s1. The molecule has 354 valence electrons. The number of likely N-dealkylation sites (N-methyl/N-ethyl adjacent to an activating group) is 1. The quantitative estimate of drug-likeness (QED) is 0.187. The van der Waals surface area contributed by atoms with E-state index in [0.29, 0.717) is 12.1 Å². The van der Waals surface area contributed by atoms with Gasteiger partial charge in [-0.2, -0.15) is 0 Å². The number of amides is 1. The maximum absolute atomic E-state index is 14.7. The zero-order valence-corrected chi connectivity index (χ0v) is 40.6. The summed E-state index contributed by atoms with van der Waals surface area (Å²) in [5, 5.41) is 28.7. The molecule has 4 aliphatic rings. The van der Waals surface area contributed by atoms with E-state index in [1.807, 2.05) is 77.0 Å². The first-order valence-corrected chi connectivity index (χ1v) is 24.3. The predicted octanol–water partition coefficient (Wildman–Crippen LogP) is 6.38. The summed E-state index contributed by atoms with van der Waals surface area (Å²) in [5.74, 6) is -5.43. The van der Waals surface area contributed by atoms with E-state index in [0.717, 1.165) is 25.2 Å². The number of ether oxygens (including phenoxy) is 5. The molecule has 0 radical (unpaired) electrons. The monoisotopic (exact) mass is 936 g/mol. The maximum Gasteiger partial charge on any atom is 0.316 e. The van der Waals surface area contributed by atoms with Crippen molar-refractivity contribution in [1.29, 1.82) is 0 Å². The smallest absolute Gasteiger partial charge is 0.316 e. The average Bonchev–Trinajstić information content (AvgIpc) is 3.96. The molecule has 0 aliphatic carbocycles. The van der Waals surface area contributed by atoms with Crippen LogP contribution < -0.4 is 0 Å². The molecule has 3 aromatic rings. The number of hydrogen-bond donors (Lipinski definition) is 2. The number of aliphatic hydroxyl groups excluding tert-OH is 1. The Labute approximate surface area is 389 Å².